The summed E-state index contributed by atoms with van der Waals surface area (Å²) in [4.78, 5) is 0. The SMILES string of the molecule is CCCC1C(CC)C2CCCCC2C1(N)C(C)CC(C)(C)C. The van der Waals surface area contributed by atoms with E-state index in [9.17, 15) is 0 Å². The Morgan fingerprint density at radius 1 is 1.14 bits per heavy atom. The summed E-state index contributed by atoms with van der Waals surface area (Å²) < 4.78 is 0. The number of fused-ring (bicyclic) bond motifs is 1. The van der Waals surface area contributed by atoms with Crippen molar-refractivity contribution in [1.29, 1.82) is 0 Å². The highest BCUT2D eigenvalue weighted by atomic mass is 14.9. The van der Waals surface area contributed by atoms with Gasteiger partial charge in [0.1, 0.15) is 0 Å². The Morgan fingerprint density at radius 3 is 2.32 bits per heavy atom. The first-order valence-corrected chi connectivity index (χ1v) is 10.0. The van der Waals surface area contributed by atoms with Gasteiger partial charge in [0.15, 0.2) is 0 Å². The van der Waals surface area contributed by atoms with Gasteiger partial charge in [-0.05, 0) is 60.7 Å². The van der Waals surface area contributed by atoms with Crippen LogP contribution in [0.3, 0.4) is 0 Å². The molecule has 2 fully saturated rings. The number of rotatable bonds is 5. The third-order valence-electron chi connectivity index (χ3n) is 7.01. The van der Waals surface area contributed by atoms with Crippen LogP contribution in [-0.4, -0.2) is 5.54 Å². The maximum Gasteiger partial charge on any atom is 0.0243 e. The summed E-state index contributed by atoms with van der Waals surface area (Å²) in [6.07, 6.45) is 10.9. The fourth-order valence-corrected chi connectivity index (χ4v) is 6.43. The van der Waals surface area contributed by atoms with Crippen molar-refractivity contribution < 1.29 is 0 Å². The Labute approximate surface area is 139 Å². The molecule has 0 spiro atoms. The second-order valence-electron chi connectivity index (χ2n) is 9.69. The average molecular weight is 308 g/mol. The van der Waals surface area contributed by atoms with Crippen LogP contribution in [-0.2, 0) is 0 Å². The fraction of sp³-hybridized carbons (Fsp3) is 1.00. The molecule has 2 aliphatic carbocycles. The van der Waals surface area contributed by atoms with Gasteiger partial charge in [-0.1, -0.05) is 67.2 Å². The van der Waals surface area contributed by atoms with Crippen molar-refractivity contribution in [2.75, 3.05) is 0 Å². The highest BCUT2D eigenvalue weighted by molar-refractivity contribution is 5.12. The van der Waals surface area contributed by atoms with E-state index in [0.717, 1.165) is 23.7 Å². The smallest absolute Gasteiger partial charge is 0.0243 e. The maximum atomic E-state index is 7.36. The third-order valence-corrected chi connectivity index (χ3v) is 7.01. The number of hydrogen-bond donors (Lipinski definition) is 1. The molecule has 0 aliphatic heterocycles. The van der Waals surface area contributed by atoms with E-state index in [2.05, 4.69) is 41.5 Å². The van der Waals surface area contributed by atoms with Crippen LogP contribution in [0.15, 0.2) is 0 Å². The Bertz CT molecular complexity index is 355. The lowest BCUT2D eigenvalue weighted by atomic mass is 9.63. The lowest BCUT2D eigenvalue weighted by Gasteiger charge is -2.46. The molecule has 0 saturated heterocycles. The van der Waals surface area contributed by atoms with Crippen LogP contribution < -0.4 is 5.73 Å². The molecule has 0 heterocycles. The summed E-state index contributed by atoms with van der Waals surface area (Å²) in [6, 6.07) is 0. The quantitative estimate of drug-likeness (QED) is 0.660. The second kappa shape index (κ2) is 6.83. The van der Waals surface area contributed by atoms with E-state index in [1.54, 1.807) is 0 Å². The van der Waals surface area contributed by atoms with Gasteiger partial charge in [-0.2, -0.15) is 0 Å². The molecule has 130 valence electrons. The Kier molecular flexibility index (Phi) is 5.68. The predicted molar refractivity (Wildman–Crippen MR) is 97.8 cm³/mol. The Balaban J connectivity index is 2.34. The largest absolute Gasteiger partial charge is 0.324 e. The summed E-state index contributed by atoms with van der Waals surface area (Å²) in [5.41, 5.74) is 7.84. The van der Waals surface area contributed by atoms with Crippen molar-refractivity contribution >= 4 is 0 Å². The minimum atomic E-state index is 0.0923. The highest BCUT2D eigenvalue weighted by Gasteiger charge is 2.59. The molecule has 0 bridgehead atoms. The molecule has 6 atom stereocenters. The third kappa shape index (κ3) is 3.25. The molecule has 6 unspecified atom stereocenters. The number of nitrogens with two attached hydrogens (primary N) is 1. The zero-order chi connectivity index (χ0) is 16.5. The predicted octanol–water partition coefficient (Wildman–Crippen LogP) is 6.02. The molecule has 0 radical (unpaired) electrons. The van der Waals surface area contributed by atoms with E-state index in [-0.39, 0.29) is 5.54 Å². The zero-order valence-corrected chi connectivity index (χ0v) is 16.1. The summed E-state index contributed by atoms with van der Waals surface area (Å²) in [5, 5.41) is 0. The fourth-order valence-electron chi connectivity index (χ4n) is 6.43. The summed E-state index contributed by atoms with van der Waals surface area (Å²) in [6.45, 7) is 14.4. The molecular formula is C21H41N. The lowest BCUT2D eigenvalue weighted by molar-refractivity contribution is 0.0905. The summed E-state index contributed by atoms with van der Waals surface area (Å²) >= 11 is 0. The van der Waals surface area contributed by atoms with E-state index in [1.165, 1.54) is 51.4 Å². The molecule has 2 aliphatic rings. The van der Waals surface area contributed by atoms with Crippen molar-refractivity contribution in [3.05, 3.63) is 0 Å². The van der Waals surface area contributed by atoms with Gasteiger partial charge in [-0.25, -0.2) is 0 Å². The first-order valence-electron chi connectivity index (χ1n) is 10.0. The highest BCUT2D eigenvalue weighted by Crippen LogP contribution is 2.59. The molecule has 0 aromatic carbocycles. The first kappa shape index (κ1) is 18.3. The second-order valence-corrected chi connectivity index (χ2v) is 9.69. The van der Waals surface area contributed by atoms with Gasteiger partial charge in [-0.15, -0.1) is 0 Å². The maximum absolute atomic E-state index is 7.36. The van der Waals surface area contributed by atoms with E-state index in [4.69, 9.17) is 5.73 Å². The number of hydrogen-bond acceptors (Lipinski definition) is 1. The van der Waals surface area contributed by atoms with Crippen LogP contribution in [0.25, 0.3) is 0 Å². The topological polar surface area (TPSA) is 26.0 Å². The van der Waals surface area contributed by atoms with Crippen LogP contribution in [0.5, 0.6) is 0 Å². The van der Waals surface area contributed by atoms with Gasteiger partial charge in [0.05, 0.1) is 0 Å². The van der Waals surface area contributed by atoms with E-state index >= 15 is 0 Å². The van der Waals surface area contributed by atoms with Gasteiger partial charge in [0.2, 0.25) is 0 Å². The van der Waals surface area contributed by atoms with Crippen molar-refractivity contribution in [3.8, 4) is 0 Å². The molecule has 2 N–H and O–H groups in total. The van der Waals surface area contributed by atoms with Crippen molar-refractivity contribution in [1.82, 2.24) is 0 Å². The molecule has 22 heavy (non-hydrogen) atoms. The Morgan fingerprint density at radius 2 is 1.77 bits per heavy atom. The summed E-state index contributed by atoms with van der Waals surface area (Å²) in [5.74, 6) is 4.00. The molecule has 1 heteroatoms. The zero-order valence-electron chi connectivity index (χ0n) is 16.1. The average Bonchev–Trinajstić information content (AvgIpc) is 2.68. The molecule has 2 saturated carbocycles. The van der Waals surface area contributed by atoms with E-state index < -0.39 is 0 Å². The van der Waals surface area contributed by atoms with Crippen molar-refractivity contribution in [2.24, 2.45) is 40.7 Å². The molecule has 0 aromatic heterocycles. The van der Waals surface area contributed by atoms with Gasteiger partial charge in [-0.3, -0.25) is 0 Å². The monoisotopic (exact) mass is 307 g/mol. The van der Waals surface area contributed by atoms with Crippen LogP contribution in [0.1, 0.15) is 92.9 Å². The minimum Gasteiger partial charge on any atom is -0.324 e. The van der Waals surface area contributed by atoms with Crippen LogP contribution >= 0.6 is 0 Å². The molecule has 2 rings (SSSR count). The lowest BCUT2D eigenvalue weighted by Crippen LogP contribution is -2.56. The van der Waals surface area contributed by atoms with Gasteiger partial charge >= 0.3 is 0 Å². The van der Waals surface area contributed by atoms with Crippen LogP contribution in [0.2, 0.25) is 0 Å². The first-order chi connectivity index (χ1) is 10.3. The van der Waals surface area contributed by atoms with Crippen LogP contribution in [0, 0.1) is 35.0 Å². The van der Waals surface area contributed by atoms with E-state index in [1.807, 2.05) is 0 Å². The molecule has 0 aromatic rings. The van der Waals surface area contributed by atoms with Crippen molar-refractivity contribution in [3.63, 3.8) is 0 Å². The van der Waals surface area contributed by atoms with Crippen LogP contribution in [0.4, 0.5) is 0 Å². The van der Waals surface area contributed by atoms with Gasteiger partial charge < -0.3 is 5.73 Å². The summed E-state index contributed by atoms with van der Waals surface area (Å²) in [7, 11) is 0. The molecule has 0 amide bonds. The van der Waals surface area contributed by atoms with Crippen molar-refractivity contribution in [2.45, 2.75) is 98.4 Å². The standard InChI is InChI=1S/C21H41N/c1-7-11-18-16(8-2)17-12-9-10-13-19(17)21(18,22)15(3)14-20(4,5)6/h15-19H,7-14,22H2,1-6H3. The minimum absolute atomic E-state index is 0.0923. The van der Waals surface area contributed by atoms with E-state index in [0.29, 0.717) is 11.3 Å². The molecular weight excluding hydrogens is 266 g/mol. The Hall–Kier alpha value is -0.0400. The van der Waals surface area contributed by atoms with Gasteiger partial charge in [0, 0.05) is 5.54 Å². The van der Waals surface area contributed by atoms with Gasteiger partial charge in [0.25, 0.3) is 0 Å². The normalized spacial score (nSPS) is 40.5. The molecule has 1 nitrogen and oxygen atoms in total.